The number of nitrogens with zero attached hydrogens (tertiary/aromatic N) is 1. The van der Waals surface area contributed by atoms with E-state index in [0.29, 0.717) is 11.1 Å². The van der Waals surface area contributed by atoms with Gasteiger partial charge in [-0.2, -0.15) is 0 Å². The SMILES string of the molecule is CC(C)=C(C(=O)O)c1cccc2cccnc12. The first-order valence-corrected chi connectivity index (χ1v) is 5.36. The largest absolute Gasteiger partial charge is 0.478 e. The fraction of sp³-hybridized carbons (Fsp3) is 0.143. The summed E-state index contributed by atoms with van der Waals surface area (Å²) < 4.78 is 0. The summed E-state index contributed by atoms with van der Waals surface area (Å²) in [6, 6.07) is 9.35. The third kappa shape index (κ3) is 2.04. The van der Waals surface area contributed by atoms with Gasteiger partial charge in [0.2, 0.25) is 0 Å². The van der Waals surface area contributed by atoms with Gasteiger partial charge in [-0.05, 0) is 19.9 Å². The highest BCUT2D eigenvalue weighted by molar-refractivity contribution is 6.19. The highest BCUT2D eigenvalue weighted by Crippen LogP contribution is 2.25. The van der Waals surface area contributed by atoms with Gasteiger partial charge in [0.1, 0.15) is 0 Å². The Labute approximate surface area is 99.4 Å². The van der Waals surface area contributed by atoms with Crippen LogP contribution in [0.25, 0.3) is 16.5 Å². The fourth-order valence-electron chi connectivity index (χ4n) is 1.90. The molecule has 0 saturated carbocycles. The summed E-state index contributed by atoms with van der Waals surface area (Å²) in [5.41, 5.74) is 2.51. The first kappa shape index (κ1) is 11.3. The minimum atomic E-state index is -0.914. The Morgan fingerprint density at radius 2 is 1.88 bits per heavy atom. The molecular weight excluding hydrogens is 214 g/mol. The zero-order valence-electron chi connectivity index (χ0n) is 9.77. The number of carboxylic acid groups (broad SMARTS) is 1. The lowest BCUT2D eigenvalue weighted by atomic mass is 9.99. The Hall–Kier alpha value is -2.16. The fourth-order valence-corrected chi connectivity index (χ4v) is 1.90. The van der Waals surface area contributed by atoms with Crippen molar-refractivity contribution >= 4 is 22.4 Å². The maximum atomic E-state index is 11.3. The van der Waals surface area contributed by atoms with Gasteiger partial charge >= 0.3 is 5.97 Å². The van der Waals surface area contributed by atoms with Gasteiger partial charge < -0.3 is 5.11 Å². The first-order chi connectivity index (χ1) is 8.11. The van der Waals surface area contributed by atoms with Gasteiger partial charge in [-0.25, -0.2) is 4.79 Å². The predicted octanol–water partition coefficient (Wildman–Crippen LogP) is 3.11. The van der Waals surface area contributed by atoms with Crippen LogP contribution in [0, 0.1) is 0 Å². The van der Waals surface area contributed by atoms with Gasteiger partial charge in [-0.3, -0.25) is 4.98 Å². The summed E-state index contributed by atoms with van der Waals surface area (Å²) in [5.74, 6) is -0.914. The number of carboxylic acids is 1. The molecule has 1 aromatic heterocycles. The van der Waals surface area contributed by atoms with Gasteiger partial charge in [0.25, 0.3) is 0 Å². The summed E-state index contributed by atoms with van der Waals surface area (Å²) in [7, 11) is 0. The summed E-state index contributed by atoms with van der Waals surface area (Å²) >= 11 is 0. The molecule has 0 spiro atoms. The number of fused-ring (bicyclic) bond motifs is 1. The van der Waals surface area contributed by atoms with E-state index in [1.54, 1.807) is 26.1 Å². The van der Waals surface area contributed by atoms with Crippen LogP contribution in [-0.2, 0) is 4.79 Å². The average Bonchev–Trinajstić information content (AvgIpc) is 2.28. The number of para-hydroxylation sites is 1. The molecule has 17 heavy (non-hydrogen) atoms. The van der Waals surface area contributed by atoms with Crippen LogP contribution in [0.15, 0.2) is 42.1 Å². The number of aromatic nitrogens is 1. The molecule has 3 heteroatoms. The summed E-state index contributed by atoms with van der Waals surface area (Å²) in [4.78, 5) is 15.6. The Morgan fingerprint density at radius 1 is 1.18 bits per heavy atom. The third-order valence-electron chi connectivity index (χ3n) is 2.62. The molecule has 0 unspecified atom stereocenters. The molecule has 1 heterocycles. The number of aliphatic carboxylic acids is 1. The Morgan fingerprint density at radius 3 is 2.53 bits per heavy atom. The predicted molar refractivity (Wildman–Crippen MR) is 67.6 cm³/mol. The summed E-state index contributed by atoms with van der Waals surface area (Å²) in [6.07, 6.45) is 1.68. The zero-order valence-corrected chi connectivity index (χ0v) is 9.77. The van der Waals surface area contributed by atoms with E-state index in [1.807, 2.05) is 24.3 Å². The average molecular weight is 227 g/mol. The van der Waals surface area contributed by atoms with Crippen LogP contribution in [-0.4, -0.2) is 16.1 Å². The molecule has 0 aliphatic carbocycles. The second kappa shape index (κ2) is 4.37. The monoisotopic (exact) mass is 227 g/mol. The molecule has 0 atom stereocenters. The van der Waals surface area contributed by atoms with Crippen molar-refractivity contribution in [1.29, 1.82) is 0 Å². The number of pyridine rings is 1. The van der Waals surface area contributed by atoms with Crippen molar-refractivity contribution in [2.75, 3.05) is 0 Å². The molecule has 0 bridgehead atoms. The highest BCUT2D eigenvalue weighted by Gasteiger charge is 2.15. The van der Waals surface area contributed by atoms with Crippen LogP contribution in [0.4, 0.5) is 0 Å². The van der Waals surface area contributed by atoms with Gasteiger partial charge in [0, 0.05) is 17.1 Å². The number of allylic oxidation sites excluding steroid dienone is 1. The van der Waals surface area contributed by atoms with Gasteiger partial charge in [-0.15, -0.1) is 0 Å². The van der Waals surface area contributed by atoms with E-state index in [4.69, 9.17) is 0 Å². The van der Waals surface area contributed by atoms with Crippen LogP contribution in [0.1, 0.15) is 19.4 Å². The Kier molecular flexibility index (Phi) is 2.91. The summed E-state index contributed by atoms with van der Waals surface area (Å²) in [5, 5.41) is 10.2. The van der Waals surface area contributed by atoms with Crippen LogP contribution >= 0.6 is 0 Å². The number of carbonyl (C=O) groups is 1. The quantitative estimate of drug-likeness (QED) is 0.802. The molecular formula is C14H13NO2. The van der Waals surface area contributed by atoms with Crippen molar-refractivity contribution in [2.45, 2.75) is 13.8 Å². The molecule has 1 aromatic carbocycles. The molecule has 0 radical (unpaired) electrons. The molecule has 0 aliphatic rings. The van der Waals surface area contributed by atoms with E-state index in [9.17, 15) is 9.90 Å². The molecule has 0 aliphatic heterocycles. The van der Waals surface area contributed by atoms with Crippen molar-refractivity contribution in [3.63, 3.8) is 0 Å². The van der Waals surface area contributed by atoms with E-state index in [1.165, 1.54) is 0 Å². The minimum absolute atomic E-state index is 0.328. The van der Waals surface area contributed by atoms with Gasteiger partial charge in [0.05, 0.1) is 11.1 Å². The maximum Gasteiger partial charge on any atom is 0.336 e. The lowest BCUT2D eigenvalue weighted by molar-refractivity contribution is -0.130. The van der Waals surface area contributed by atoms with Gasteiger partial charge in [-0.1, -0.05) is 29.8 Å². The molecule has 2 rings (SSSR count). The molecule has 86 valence electrons. The van der Waals surface area contributed by atoms with Crippen LogP contribution < -0.4 is 0 Å². The maximum absolute atomic E-state index is 11.3. The van der Waals surface area contributed by atoms with E-state index in [-0.39, 0.29) is 0 Å². The number of hydrogen-bond donors (Lipinski definition) is 1. The lowest BCUT2D eigenvalue weighted by Gasteiger charge is -2.08. The molecule has 0 fully saturated rings. The van der Waals surface area contributed by atoms with Crippen molar-refractivity contribution in [1.82, 2.24) is 4.98 Å². The Balaban J connectivity index is 2.79. The van der Waals surface area contributed by atoms with Crippen molar-refractivity contribution in [2.24, 2.45) is 0 Å². The molecule has 2 aromatic rings. The third-order valence-corrected chi connectivity index (χ3v) is 2.62. The van der Waals surface area contributed by atoms with Crippen LogP contribution in [0.5, 0.6) is 0 Å². The number of rotatable bonds is 2. The standard InChI is InChI=1S/C14H13NO2/c1-9(2)12(14(16)17)11-7-3-5-10-6-4-8-15-13(10)11/h3-8H,1-2H3,(H,16,17). The van der Waals surface area contributed by atoms with E-state index in [2.05, 4.69) is 4.98 Å². The van der Waals surface area contributed by atoms with Crippen LogP contribution in [0.3, 0.4) is 0 Å². The topological polar surface area (TPSA) is 50.2 Å². The lowest BCUT2D eigenvalue weighted by Crippen LogP contribution is -2.02. The molecule has 0 amide bonds. The smallest absolute Gasteiger partial charge is 0.336 e. The second-order valence-corrected chi connectivity index (χ2v) is 4.06. The zero-order chi connectivity index (χ0) is 12.4. The highest BCUT2D eigenvalue weighted by atomic mass is 16.4. The normalized spacial score (nSPS) is 10.2. The minimum Gasteiger partial charge on any atom is -0.478 e. The van der Waals surface area contributed by atoms with Crippen molar-refractivity contribution in [3.8, 4) is 0 Å². The molecule has 1 N–H and O–H groups in total. The van der Waals surface area contributed by atoms with Gasteiger partial charge in [0.15, 0.2) is 0 Å². The van der Waals surface area contributed by atoms with E-state index < -0.39 is 5.97 Å². The molecule has 3 nitrogen and oxygen atoms in total. The van der Waals surface area contributed by atoms with E-state index >= 15 is 0 Å². The summed E-state index contributed by atoms with van der Waals surface area (Å²) in [6.45, 7) is 3.59. The Bertz CT molecular complexity index is 605. The second-order valence-electron chi connectivity index (χ2n) is 4.06. The van der Waals surface area contributed by atoms with Crippen molar-refractivity contribution < 1.29 is 9.90 Å². The number of benzene rings is 1. The number of hydrogen-bond acceptors (Lipinski definition) is 2. The van der Waals surface area contributed by atoms with Crippen molar-refractivity contribution in [3.05, 3.63) is 47.7 Å². The van der Waals surface area contributed by atoms with E-state index in [0.717, 1.165) is 16.5 Å². The van der Waals surface area contributed by atoms with Crippen LogP contribution in [0.2, 0.25) is 0 Å². The first-order valence-electron chi connectivity index (χ1n) is 5.36. The molecule has 0 saturated heterocycles.